The first-order valence-electron chi connectivity index (χ1n) is 7.69. The molecule has 0 atom stereocenters. The van der Waals surface area contributed by atoms with Crippen molar-refractivity contribution in [2.75, 3.05) is 18.4 Å². The van der Waals surface area contributed by atoms with Crippen LogP contribution in [0.25, 0.3) is 0 Å². The van der Waals surface area contributed by atoms with E-state index in [-0.39, 0.29) is 25.8 Å². The molecule has 1 fully saturated rings. The maximum atomic E-state index is 12.0. The minimum atomic E-state index is -4.47. The van der Waals surface area contributed by atoms with Gasteiger partial charge in [0.05, 0.1) is 6.42 Å². The van der Waals surface area contributed by atoms with Crippen molar-refractivity contribution in [1.29, 1.82) is 0 Å². The molecule has 7 nitrogen and oxygen atoms in total. The number of carbonyl (C=O) groups is 4. The zero-order valence-corrected chi connectivity index (χ0v) is 13.6. The van der Waals surface area contributed by atoms with Crippen LogP contribution in [0.4, 0.5) is 18.9 Å². The smallest absolute Gasteiger partial charge is 0.347 e. The maximum absolute atomic E-state index is 12.0. The number of hydrogen-bond acceptors (Lipinski definition) is 4. The molecule has 0 radical (unpaired) electrons. The maximum Gasteiger partial charge on any atom is 0.405 e. The van der Waals surface area contributed by atoms with Crippen LogP contribution >= 0.6 is 0 Å². The zero-order valence-electron chi connectivity index (χ0n) is 13.6. The van der Waals surface area contributed by atoms with Crippen molar-refractivity contribution in [3.8, 4) is 0 Å². The second kappa shape index (κ2) is 7.98. The van der Waals surface area contributed by atoms with Gasteiger partial charge in [0.2, 0.25) is 23.6 Å². The lowest BCUT2D eigenvalue weighted by Gasteiger charge is -2.13. The number of rotatable bonds is 6. The highest BCUT2D eigenvalue weighted by molar-refractivity contribution is 6.06. The van der Waals surface area contributed by atoms with E-state index in [1.165, 1.54) is 24.3 Å². The first kappa shape index (κ1) is 19.4. The van der Waals surface area contributed by atoms with Gasteiger partial charge in [0.15, 0.2) is 0 Å². The highest BCUT2D eigenvalue weighted by atomic mass is 19.4. The summed E-state index contributed by atoms with van der Waals surface area (Å²) in [6, 6.07) is 5.90. The Balaban J connectivity index is 1.83. The quantitative estimate of drug-likeness (QED) is 0.729. The highest BCUT2D eigenvalue weighted by Gasteiger charge is 2.30. The fraction of sp³-hybridized carbons (Fsp3) is 0.375. The van der Waals surface area contributed by atoms with Crippen LogP contribution in [0.3, 0.4) is 0 Å². The Bertz CT molecular complexity index is 700. The van der Waals surface area contributed by atoms with Gasteiger partial charge >= 0.3 is 6.18 Å². The summed E-state index contributed by atoms with van der Waals surface area (Å²) in [6.45, 7) is -1.77. The summed E-state index contributed by atoms with van der Waals surface area (Å²) < 4.78 is 36.1. The van der Waals surface area contributed by atoms with Gasteiger partial charge < -0.3 is 10.6 Å². The average Bonchev–Trinajstić information content (AvgIpc) is 2.86. The van der Waals surface area contributed by atoms with Crippen molar-refractivity contribution in [3.05, 3.63) is 29.8 Å². The third kappa shape index (κ3) is 5.87. The normalized spacial score (nSPS) is 14.5. The van der Waals surface area contributed by atoms with Gasteiger partial charge in [-0.3, -0.25) is 24.1 Å². The first-order valence-corrected chi connectivity index (χ1v) is 7.69. The number of benzene rings is 1. The monoisotopic (exact) mass is 371 g/mol. The molecule has 0 unspecified atom stereocenters. The fourth-order valence-corrected chi connectivity index (χ4v) is 2.30. The molecule has 2 N–H and O–H groups in total. The van der Waals surface area contributed by atoms with E-state index in [0.29, 0.717) is 11.3 Å². The van der Waals surface area contributed by atoms with Crippen LogP contribution in [-0.2, 0) is 25.6 Å². The summed E-state index contributed by atoms with van der Waals surface area (Å²) in [5.74, 6) is -2.12. The van der Waals surface area contributed by atoms with Crippen LogP contribution in [0.2, 0.25) is 0 Å². The molecule has 1 saturated heterocycles. The Hall–Kier alpha value is -2.91. The van der Waals surface area contributed by atoms with Gasteiger partial charge in [-0.1, -0.05) is 12.1 Å². The van der Waals surface area contributed by atoms with E-state index >= 15 is 0 Å². The van der Waals surface area contributed by atoms with E-state index in [1.54, 1.807) is 5.32 Å². The summed E-state index contributed by atoms with van der Waals surface area (Å²) in [7, 11) is 0. The van der Waals surface area contributed by atoms with Gasteiger partial charge in [-0.15, -0.1) is 0 Å². The van der Waals surface area contributed by atoms with Gasteiger partial charge in [0.1, 0.15) is 13.1 Å². The van der Waals surface area contributed by atoms with Crippen molar-refractivity contribution in [2.45, 2.75) is 25.4 Å². The Morgan fingerprint density at radius 3 is 2.12 bits per heavy atom. The Morgan fingerprint density at radius 1 is 1.00 bits per heavy atom. The summed E-state index contributed by atoms with van der Waals surface area (Å²) in [5.41, 5.74) is 0.834. The van der Waals surface area contributed by atoms with Crippen molar-refractivity contribution in [2.24, 2.45) is 0 Å². The second-order valence-electron chi connectivity index (χ2n) is 5.69. The summed E-state index contributed by atoms with van der Waals surface area (Å²) in [4.78, 5) is 47.1. The topological polar surface area (TPSA) is 95.6 Å². The Labute approximate surface area is 146 Å². The van der Waals surface area contributed by atoms with E-state index in [1.807, 2.05) is 0 Å². The number of amides is 4. The van der Waals surface area contributed by atoms with E-state index in [0.717, 1.165) is 4.90 Å². The van der Waals surface area contributed by atoms with Crippen LogP contribution in [0, 0.1) is 0 Å². The molecule has 0 aliphatic carbocycles. The Kier molecular flexibility index (Phi) is 5.96. The number of carbonyl (C=O) groups excluding carboxylic acids is 4. The van der Waals surface area contributed by atoms with Crippen molar-refractivity contribution < 1.29 is 32.3 Å². The highest BCUT2D eigenvalue weighted by Crippen LogP contribution is 2.14. The van der Waals surface area contributed by atoms with Crippen LogP contribution in [-0.4, -0.2) is 47.8 Å². The molecule has 0 spiro atoms. The molecule has 140 valence electrons. The molecular weight excluding hydrogens is 355 g/mol. The minimum absolute atomic E-state index is 0.0945. The predicted octanol–water partition coefficient (Wildman–Crippen LogP) is 0.995. The summed E-state index contributed by atoms with van der Waals surface area (Å²) in [5, 5.41) is 4.26. The SMILES string of the molecule is O=C(Cc1ccc(NC(=O)CN2C(=O)CCC2=O)cc1)NCC(F)(F)F. The van der Waals surface area contributed by atoms with Crippen molar-refractivity contribution >= 4 is 29.3 Å². The predicted molar refractivity (Wildman–Crippen MR) is 83.8 cm³/mol. The van der Waals surface area contributed by atoms with Crippen LogP contribution in [0.1, 0.15) is 18.4 Å². The van der Waals surface area contributed by atoms with E-state index in [4.69, 9.17) is 0 Å². The Morgan fingerprint density at radius 2 is 1.58 bits per heavy atom. The number of nitrogens with zero attached hydrogens (tertiary/aromatic N) is 1. The molecule has 1 aliphatic heterocycles. The van der Waals surface area contributed by atoms with Gasteiger partial charge in [-0.2, -0.15) is 13.2 Å². The van der Waals surface area contributed by atoms with Crippen LogP contribution in [0.15, 0.2) is 24.3 Å². The fourth-order valence-electron chi connectivity index (χ4n) is 2.30. The van der Waals surface area contributed by atoms with Crippen LogP contribution in [0.5, 0.6) is 0 Å². The number of anilines is 1. The summed E-state index contributed by atoms with van der Waals surface area (Å²) in [6.07, 6.45) is -4.52. The average molecular weight is 371 g/mol. The zero-order chi connectivity index (χ0) is 19.3. The molecule has 1 heterocycles. The number of hydrogen-bond donors (Lipinski definition) is 2. The molecule has 4 amide bonds. The van der Waals surface area contributed by atoms with E-state index in [9.17, 15) is 32.3 Å². The number of alkyl halides is 3. The van der Waals surface area contributed by atoms with Crippen molar-refractivity contribution in [1.82, 2.24) is 10.2 Å². The number of likely N-dealkylation sites (tertiary alicyclic amines) is 1. The molecule has 0 aromatic heterocycles. The third-order valence-corrected chi connectivity index (χ3v) is 3.54. The molecule has 26 heavy (non-hydrogen) atoms. The lowest BCUT2D eigenvalue weighted by atomic mass is 10.1. The molecule has 2 rings (SSSR count). The number of imide groups is 1. The lowest BCUT2D eigenvalue weighted by Crippen LogP contribution is -2.36. The van der Waals surface area contributed by atoms with E-state index < -0.39 is 36.3 Å². The standard InChI is InChI=1S/C16H16F3N3O4/c17-16(18,19)9-20-12(23)7-10-1-3-11(4-2-10)21-13(24)8-22-14(25)5-6-15(22)26/h1-4H,5-9H2,(H,20,23)(H,21,24). The van der Waals surface area contributed by atoms with Gasteiger partial charge in [-0.25, -0.2) is 0 Å². The molecule has 0 saturated carbocycles. The molecule has 1 aliphatic rings. The minimum Gasteiger partial charge on any atom is -0.347 e. The molecule has 1 aromatic rings. The van der Waals surface area contributed by atoms with E-state index in [2.05, 4.69) is 5.32 Å². The first-order chi connectivity index (χ1) is 12.1. The molecule has 1 aromatic carbocycles. The molecule has 0 bridgehead atoms. The number of nitrogens with one attached hydrogen (secondary N) is 2. The second-order valence-corrected chi connectivity index (χ2v) is 5.69. The van der Waals surface area contributed by atoms with Gasteiger partial charge in [-0.05, 0) is 17.7 Å². The largest absolute Gasteiger partial charge is 0.405 e. The molecule has 10 heteroatoms. The number of halogens is 3. The van der Waals surface area contributed by atoms with Gasteiger partial charge in [0.25, 0.3) is 0 Å². The molecular formula is C16H16F3N3O4. The summed E-state index contributed by atoms with van der Waals surface area (Å²) >= 11 is 0. The van der Waals surface area contributed by atoms with Crippen molar-refractivity contribution in [3.63, 3.8) is 0 Å². The van der Waals surface area contributed by atoms with Crippen LogP contribution < -0.4 is 10.6 Å². The third-order valence-electron chi connectivity index (χ3n) is 3.54. The van der Waals surface area contributed by atoms with Gasteiger partial charge in [0, 0.05) is 18.5 Å². The lowest BCUT2D eigenvalue weighted by molar-refractivity contribution is -0.141.